The standard InChI is InChI=1S/C61H110O5/c1-4-7-10-13-16-19-22-25-27-29-31-33-35-37-39-42-45-48-51-54-60(62)65-58-59(57-64-56-53-50-47-44-41-24-21-18-15-12-9-6-3)66-61(63)55-52-49-46-43-40-38-36-34-32-30-28-26-23-20-17-14-11-8-5-2/h7,10,15-16,18-19,25,27,31,33,59H,4-6,8-9,11-14,17,20-24,26,28-30,32,34-58H2,1-3H3/b10-7-,18-15-,19-16-,27-25-,33-31-. The van der Waals surface area contributed by atoms with Crippen LogP contribution < -0.4 is 0 Å². The first-order chi connectivity index (χ1) is 32.6. The molecule has 0 radical (unpaired) electrons. The van der Waals surface area contributed by atoms with Crippen LogP contribution in [0.2, 0.25) is 0 Å². The molecule has 5 heteroatoms. The van der Waals surface area contributed by atoms with Crippen molar-refractivity contribution in [2.45, 2.75) is 297 Å². The lowest BCUT2D eigenvalue weighted by molar-refractivity contribution is -0.163. The lowest BCUT2D eigenvalue weighted by atomic mass is 10.0. The molecule has 0 aromatic carbocycles. The summed E-state index contributed by atoms with van der Waals surface area (Å²) < 4.78 is 17.5. The Morgan fingerprint density at radius 1 is 0.348 bits per heavy atom. The van der Waals surface area contributed by atoms with E-state index in [4.69, 9.17) is 14.2 Å². The molecule has 0 spiro atoms. The minimum absolute atomic E-state index is 0.0773. The fourth-order valence-electron chi connectivity index (χ4n) is 8.25. The van der Waals surface area contributed by atoms with E-state index in [2.05, 4.69) is 81.5 Å². The molecule has 1 atom stereocenters. The third-order valence-electron chi connectivity index (χ3n) is 12.5. The number of unbranched alkanes of at least 4 members (excludes halogenated alkanes) is 32. The molecule has 0 N–H and O–H groups in total. The molecule has 0 heterocycles. The number of hydrogen-bond donors (Lipinski definition) is 0. The number of hydrogen-bond acceptors (Lipinski definition) is 5. The van der Waals surface area contributed by atoms with Crippen LogP contribution in [0.4, 0.5) is 0 Å². The first kappa shape index (κ1) is 63.6. The number of esters is 2. The zero-order valence-corrected chi connectivity index (χ0v) is 44.2. The van der Waals surface area contributed by atoms with Crippen LogP contribution in [0.25, 0.3) is 0 Å². The Bertz CT molecular complexity index is 1130. The van der Waals surface area contributed by atoms with Gasteiger partial charge in [-0.15, -0.1) is 0 Å². The highest BCUT2D eigenvalue weighted by atomic mass is 16.6. The van der Waals surface area contributed by atoms with Gasteiger partial charge in [-0.05, 0) is 77.0 Å². The third kappa shape index (κ3) is 54.2. The maximum atomic E-state index is 12.9. The van der Waals surface area contributed by atoms with Crippen molar-refractivity contribution in [3.63, 3.8) is 0 Å². The summed E-state index contributed by atoms with van der Waals surface area (Å²) in [5, 5.41) is 0. The van der Waals surface area contributed by atoms with Crippen LogP contribution in [0.5, 0.6) is 0 Å². The molecule has 0 aromatic heterocycles. The van der Waals surface area contributed by atoms with Crippen LogP contribution in [0.1, 0.15) is 290 Å². The van der Waals surface area contributed by atoms with Gasteiger partial charge in [0.1, 0.15) is 6.61 Å². The smallest absolute Gasteiger partial charge is 0.306 e. The normalized spacial score (nSPS) is 12.6. The number of rotatable bonds is 53. The molecule has 0 bridgehead atoms. The zero-order chi connectivity index (χ0) is 47.7. The second-order valence-electron chi connectivity index (χ2n) is 19.2. The van der Waals surface area contributed by atoms with Gasteiger partial charge in [0.2, 0.25) is 0 Å². The Kier molecular flexibility index (Phi) is 54.9. The maximum absolute atomic E-state index is 12.9. The molecule has 384 valence electrons. The van der Waals surface area contributed by atoms with Crippen LogP contribution in [0, 0.1) is 0 Å². The predicted octanol–water partition coefficient (Wildman–Crippen LogP) is 19.7. The van der Waals surface area contributed by atoms with E-state index in [-0.39, 0.29) is 25.2 Å². The lowest BCUT2D eigenvalue weighted by Crippen LogP contribution is -2.30. The van der Waals surface area contributed by atoms with E-state index < -0.39 is 6.10 Å². The molecule has 0 aliphatic carbocycles. The van der Waals surface area contributed by atoms with E-state index in [0.29, 0.717) is 19.4 Å². The quantitative estimate of drug-likeness (QED) is 0.0346. The highest BCUT2D eigenvalue weighted by Crippen LogP contribution is 2.16. The van der Waals surface area contributed by atoms with Crippen LogP contribution in [-0.4, -0.2) is 37.9 Å². The van der Waals surface area contributed by atoms with Crippen molar-refractivity contribution in [1.29, 1.82) is 0 Å². The van der Waals surface area contributed by atoms with E-state index >= 15 is 0 Å². The van der Waals surface area contributed by atoms with Crippen LogP contribution >= 0.6 is 0 Å². The van der Waals surface area contributed by atoms with Gasteiger partial charge in [-0.25, -0.2) is 0 Å². The van der Waals surface area contributed by atoms with Crippen LogP contribution in [-0.2, 0) is 23.8 Å². The molecule has 0 rings (SSSR count). The molecule has 1 unspecified atom stereocenters. The van der Waals surface area contributed by atoms with Gasteiger partial charge in [0, 0.05) is 19.4 Å². The van der Waals surface area contributed by atoms with Gasteiger partial charge in [0.15, 0.2) is 6.10 Å². The summed E-state index contributed by atoms with van der Waals surface area (Å²) in [5.41, 5.74) is 0. The van der Waals surface area contributed by atoms with Gasteiger partial charge in [-0.2, -0.15) is 0 Å². The van der Waals surface area contributed by atoms with Gasteiger partial charge in [0.25, 0.3) is 0 Å². The van der Waals surface area contributed by atoms with Crippen molar-refractivity contribution in [3.05, 3.63) is 60.8 Å². The molecule has 0 saturated carbocycles. The topological polar surface area (TPSA) is 61.8 Å². The summed E-state index contributed by atoms with van der Waals surface area (Å²) in [7, 11) is 0. The van der Waals surface area contributed by atoms with Crippen molar-refractivity contribution in [2.24, 2.45) is 0 Å². The molecular weight excluding hydrogens is 813 g/mol. The minimum atomic E-state index is -0.544. The number of allylic oxidation sites excluding steroid dienone is 10. The number of ether oxygens (including phenoxy) is 3. The van der Waals surface area contributed by atoms with E-state index in [1.807, 2.05) is 0 Å². The SMILES string of the molecule is CC/C=C\C/C=C\C/C=C\C/C=C\CCCCCCCCC(=O)OCC(COCCCCCCCC/C=C\CCCC)OC(=O)CCCCCCCCCCCCCCCCCCCCC. The third-order valence-corrected chi connectivity index (χ3v) is 12.5. The van der Waals surface area contributed by atoms with Gasteiger partial charge in [0.05, 0.1) is 6.61 Å². The molecule has 0 fully saturated rings. The van der Waals surface area contributed by atoms with Crippen molar-refractivity contribution >= 4 is 11.9 Å². The van der Waals surface area contributed by atoms with Crippen molar-refractivity contribution < 1.29 is 23.8 Å². The average molecular weight is 924 g/mol. The van der Waals surface area contributed by atoms with E-state index in [1.54, 1.807) is 0 Å². The Morgan fingerprint density at radius 2 is 0.697 bits per heavy atom. The second kappa shape index (κ2) is 56.9. The molecule has 0 aliphatic rings. The largest absolute Gasteiger partial charge is 0.462 e. The Balaban J connectivity index is 4.23. The summed E-state index contributed by atoms with van der Waals surface area (Å²) in [6.07, 6.45) is 72.4. The highest BCUT2D eigenvalue weighted by molar-refractivity contribution is 5.70. The van der Waals surface area contributed by atoms with Crippen molar-refractivity contribution in [2.75, 3.05) is 19.8 Å². The molecular formula is C61H110O5. The molecule has 5 nitrogen and oxygen atoms in total. The molecule has 66 heavy (non-hydrogen) atoms. The first-order valence-corrected chi connectivity index (χ1v) is 28.8. The van der Waals surface area contributed by atoms with Crippen molar-refractivity contribution in [3.8, 4) is 0 Å². The molecule has 0 amide bonds. The fourth-order valence-corrected chi connectivity index (χ4v) is 8.25. The van der Waals surface area contributed by atoms with E-state index in [0.717, 1.165) is 77.0 Å². The van der Waals surface area contributed by atoms with Crippen LogP contribution in [0.3, 0.4) is 0 Å². The maximum Gasteiger partial charge on any atom is 0.306 e. The van der Waals surface area contributed by atoms with E-state index in [9.17, 15) is 9.59 Å². The Labute approximate surface area is 411 Å². The average Bonchev–Trinajstić information content (AvgIpc) is 3.32. The molecule has 0 aliphatic heterocycles. The Hall–Kier alpha value is -2.40. The fraction of sp³-hybridized carbons (Fsp3) is 0.803. The minimum Gasteiger partial charge on any atom is -0.462 e. The predicted molar refractivity (Wildman–Crippen MR) is 288 cm³/mol. The van der Waals surface area contributed by atoms with Crippen molar-refractivity contribution in [1.82, 2.24) is 0 Å². The summed E-state index contributed by atoms with van der Waals surface area (Å²) >= 11 is 0. The monoisotopic (exact) mass is 923 g/mol. The van der Waals surface area contributed by atoms with Gasteiger partial charge in [-0.1, -0.05) is 261 Å². The summed E-state index contributed by atoms with van der Waals surface area (Å²) in [5.74, 6) is -0.403. The first-order valence-electron chi connectivity index (χ1n) is 28.8. The second-order valence-corrected chi connectivity index (χ2v) is 19.2. The zero-order valence-electron chi connectivity index (χ0n) is 44.2. The van der Waals surface area contributed by atoms with Gasteiger partial charge >= 0.3 is 11.9 Å². The summed E-state index contributed by atoms with van der Waals surface area (Å²) in [6, 6.07) is 0. The summed E-state index contributed by atoms with van der Waals surface area (Å²) in [4.78, 5) is 25.5. The number of carbonyl (C=O) groups is 2. The molecule has 0 aromatic rings. The Morgan fingerprint density at radius 3 is 1.15 bits per heavy atom. The molecule has 0 saturated heterocycles. The van der Waals surface area contributed by atoms with Gasteiger partial charge in [-0.3, -0.25) is 9.59 Å². The lowest BCUT2D eigenvalue weighted by Gasteiger charge is -2.18. The summed E-state index contributed by atoms with van der Waals surface area (Å²) in [6.45, 7) is 7.70. The van der Waals surface area contributed by atoms with E-state index in [1.165, 1.54) is 180 Å². The van der Waals surface area contributed by atoms with Crippen LogP contribution in [0.15, 0.2) is 60.8 Å². The van der Waals surface area contributed by atoms with Gasteiger partial charge < -0.3 is 14.2 Å². The highest BCUT2D eigenvalue weighted by Gasteiger charge is 2.17. The number of carbonyl (C=O) groups excluding carboxylic acids is 2.